The zero-order valence-electron chi connectivity index (χ0n) is 16.3. The molecule has 0 aliphatic heterocycles. The van der Waals surface area contributed by atoms with Crippen LogP contribution in [0.2, 0.25) is 0 Å². The van der Waals surface area contributed by atoms with Crippen LogP contribution in [0.4, 0.5) is 5.13 Å². The number of benzene rings is 2. The van der Waals surface area contributed by atoms with Gasteiger partial charge in [-0.15, -0.1) is 10.2 Å². The van der Waals surface area contributed by atoms with Crippen molar-refractivity contribution in [2.45, 2.75) is 37.6 Å². The first kappa shape index (κ1) is 21.1. The summed E-state index contributed by atoms with van der Waals surface area (Å²) in [4.78, 5) is 12.3. The molecule has 1 amide bonds. The summed E-state index contributed by atoms with van der Waals surface area (Å²) < 4.78 is 28.1. The van der Waals surface area contributed by atoms with Crippen LogP contribution in [-0.2, 0) is 10.0 Å². The molecule has 0 radical (unpaired) electrons. The molecule has 1 atom stereocenters. The lowest BCUT2D eigenvalue weighted by Gasteiger charge is -2.18. The standard InChI is InChI=1S/C20H22N4O3S2/c1-4-17(16-8-6-5-7-14(16)3)24-29(26,27)20-23-22-19(28-20)21-18(25)15-11-9-13(2)10-12-15/h5-12,17,24H,4H2,1-3H3,(H,21,22,25)/t17-/m0/s1. The fourth-order valence-electron chi connectivity index (χ4n) is 2.83. The number of amides is 1. The molecule has 0 spiro atoms. The molecule has 3 aromatic rings. The van der Waals surface area contributed by atoms with Gasteiger partial charge in [0.15, 0.2) is 0 Å². The van der Waals surface area contributed by atoms with Crippen LogP contribution in [0.15, 0.2) is 52.9 Å². The average Bonchev–Trinajstić information content (AvgIpc) is 3.17. The van der Waals surface area contributed by atoms with Crippen molar-refractivity contribution in [2.24, 2.45) is 0 Å². The quantitative estimate of drug-likeness (QED) is 0.555. The first-order valence-corrected chi connectivity index (χ1v) is 11.4. The Morgan fingerprint density at radius 3 is 2.41 bits per heavy atom. The van der Waals surface area contributed by atoms with Crippen molar-refractivity contribution in [2.75, 3.05) is 5.32 Å². The highest BCUT2D eigenvalue weighted by Crippen LogP contribution is 2.25. The molecular weight excluding hydrogens is 408 g/mol. The van der Waals surface area contributed by atoms with E-state index in [9.17, 15) is 13.2 Å². The molecule has 0 saturated carbocycles. The summed E-state index contributed by atoms with van der Waals surface area (Å²) in [5.41, 5.74) is 3.41. The van der Waals surface area contributed by atoms with E-state index in [0.29, 0.717) is 12.0 Å². The van der Waals surface area contributed by atoms with Crippen LogP contribution in [0.1, 0.15) is 46.4 Å². The van der Waals surface area contributed by atoms with Crippen LogP contribution < -0.4 is 10.0 Å². The van der Waals surface area contributed by atoms with Crippen LogP contribution in [0.5, 0.6) is 0 Å². The van der Waals surface area contributed by atoms with E-state index in [1.165, 1.54) is 0 Å². The Kier molecular flexibility index (Phi) is 6.41. The molecule has 152 valence electrons. The number of carbonyl (C=O) groups excluding carboxylic acids is 1. The largest absolute Gasteiger partial charge is 0.296 e. The molecule has 1 aromatic heterocycles. The SMILES string of the molecule is CC[C@H](NS(=O)(=O)c1nnc(NC(=O)c2ccc(C)cc2)s1)c1ccccc1C. The number of hydrogen-bond donors (Lipinski definition) is 2. The van der Waals surface area contributed by atoms with Gasteiger partial charge >= 0.3 is 0 Å². The molecule has 0 saturated heterocycles. The predicted octanol–water partition coefficient (Wildman–Crippen LogP) is 3.84. The van der Waals surface area contributed by atoms with Gasteiger partial charge in [-0.2, -0.15) is 0 Å². The summed E-state index contributed by atoms with van der Waals surface area (Å²) in [7, 11) is -3.88. The van der Waals surface area contributed by atoms with E-state index >= 15 is 0 Å². The number of aromatic nitrogens is 2. The van der Waals surface area contributed by atoms with Gasteiger partial charge in [-0.25, -0.2) is 13.1 Å². The van der Waals surface area contributed by atoms with Gasteiger partial charge in [0.05, 0.1) is 0 Å². The zero-order valence-corrected chi connectivity index (χ0v) is 18.0. The number of anilines is 1. The minimum absolute atomic E-state index is 0.125. The second kappa shape index (κ2) is 8.81. The molecule has 2 aromatic carbocycles. The molecule has 7 nitrogen and oxygen atoms in total. The summed E-state index contributed by atoms with van der Waals surface area (Å²) in [6.45, 7) is 5.78. The summed E-state index contributed by atoms with van der Waals surface area (Å²) in [5, 5.41) is 10.3. The lowest BCUT2D eigenvalue weighted by molar-refractivity contribution is 0.102. The summed E-state index contributed by atoms with van der Waals surface area (Å²) in [6, 6.07) is 14.3. The monoisotopic (exact) mass is 430 g/mol. The third kappa shape index (κ3) is 5.06. The smallest absolute Gasteiger partial charge is 0.270 e. The maximum Gasteiger partial charge on any atom is 0.270 e. The van der Waals surface area contributed by atoms with Crippen LogP contribution in [0, 0.1) is 13.8 Å². The predicted molar refractivity (Wildman–Crippen MR) is 114 cm³/mol. The van der Waals surface area contributed by atoms with E-state index in [4.69, 9.17) is 0 Å². The molecule has 0 aliphatic rings. The third-order valence-corrected chi connectivity index (χ3v) is 7.12. The highest BCUT2D eigenvalue weighted by Gasteiger charge is 2.25. The molecule has 1 heterocycles. The van der Waals surface area contributed by atoms with E-state index < -0.39 is 10.0 Å². The van der Waals surface area contributed by atoms with Crippen LogP contribution in [0.3, 0.4) is 0 Å². The zero-order chi connectivity index (χ0) is 21.0. The molecule has 0 unspecified atom stereocenters. The highest BCUT2D eigenvalue weighted by molar-refractivity contribution is 7.91. The molecule has 2 N–H and O–H groups in total. The fourth-order valence-corrected chi connectivity index (χ4v) is 5.04. The van der Waals surface area contributed by atoms with Crippen molar-refractivity contribution >= 4 is 32.4 Å². The van der Waals surface area contributed by atoms with Crippen LogP contribution >= 0.6 is 11.3 Å². The van der Waals surface area contributed by atoms with Gasteiger partial charge in [0.25, 0.3) is 15.9 Å². The number of carbonyl (C=O) groups is 1. The summed E-state index contributed by atoms with van der Waals surface area (Å²) in [5.74, 6) is -0.371. The van der Waals surface area contributed by atoms with Crippen molar-refractivity contribution in [3.8, 4) is 0 Å². The number of hydrogen-bond acceptors (Lipinski definition) is 6. The number of aryl methyl sites for hydroxylation is 2. The maximum absolute atomic E-state index is 12.8. The lowest BCUT2D eigenvalue weighted by Crippen LogP contribution is -2.28. The van der Waals surface area contributed by atoms with Gasteiger partial charge in [0.1, 0.15) is 0 Å². The van der Waals surface area contributed by atoms with Gasteiger partial charge < -0.3 is 0 Å². The van der Waals surface area contributed by atoms with E-state index in [1.54, 1.807) is 12.1 Å². The minimum atomic E-state index is -3.88. The first-order chi connectivity index (χ1) is 13.8. The van der Waals surface area contributed by atoms with E-state index in [0.717, 1.165) is 28.0 Å². The summed E-state index contributed by atoms with van der Waals surface area (Å²) >= 11 is 0.813. The Bertz CT molecular complexity index is 1110. The van der Waals surface area contributed by atoms with Crippen LogP contribution in [-0.4, -0.2) is 24.5 Å². The normalized spacial score (nSPS) is 12.5. The Balaban J connectivity index is 1.75. The molecule has 0 aliphatic carbocycles. The summed E-state index contributed by atoms with van der Waals surface area (Å²) in [6.07, 6.45) is 0.583. The van der Waals surface area contributed by atoms with Crippen LogP contribution in [0.25, 0.3) is 0 Å². The Morgan fingerprint density at radius 1 is 1.07 bits per heavy atom. The molecule has 9 heteroatoms. The van der Waals surface area contributed by atoms with Gasteiger partial charge in [-0.3, -0.25) is 10.1 Å². The molecule has 0 fully saturated rings. The van der Waals surface area contributed by atoms with Crippen molar-refractivity contribution in [3.05, 3.63) is 70.8 Å². The van der Waals surface area contributed by atoms with Gasteiger partial charge in [0, 0.05) is 11.6 Å². The Morgan fingerprint density at radius 2 is 1.76 bits per heavy atom. The Hall–Kier alpha value is -2.62. The topological polar surface area (TPSA) is 101 Å². The maximum atomic E-state index is 12.8. The fraction of sp³-hybridized carbons (Fsp3) is 0.250. The van der Waals surface area contributed by atoms with E-state index in [1.807, 2.05) is 57.2 Å². The van der Waals surface area contributed by atoms with Gasteiger partial charge in [-0.05, 0) is 43.5 Å². The number of nitrogens with zero attached hydrogens (tertiary/aromatic N) is 2. The molecule has 3 rings (SSSR count). The second-order valence-corrected chi connectivity index (χ2v) is 9.50. The number of nitrogens with one attached hydrogen (secondary N) is 2. The lowest BCUT2D eigenvalue weighted by atomic mass is 10.0. The first-order valence-electron chi connectivity index (χ1n) is 9.09. The van der Waals surface area contributed by atoms with Crippen molar-refractivity contribution < 1.29 is 13.2 Å². The van der Waals surface area contributed by atoms with E-state index in [-0.39, 0.29) is 21.4 Å². The minimum Gasteiger partial charge on any atom is -0.296 e. The molecule has 29 heavy (non-hydrogen) atoms. The molecule has 0 bridgehead atoms. The van der Waals surface area contributed by atoms with Crippen molar-refractivity contribution in [3.63, 3.8) is 0 Å². The Labute approximate surface area is 174 Å². The second-order valence-electron chi connectivity index (χ2n) is 6.63. The van der Waals surface area contributed by atoms with Gasteiger partial charge in [0.2, 0.25) is 9.47 Å². The highest BCUT2D eigenvalue weighted by atomic mass is 32.2. The average molecular weight is 431 g/mol. The molecular formula is C20H22N4O3S2. The number of sulfonamides is 1. The third-order valence-electron chi connectivity index (χ3n) is 4.44. The van der Waals surface area contributed by atoms with E-state index in [2.05, 4.69) is 20.2 Å². The van der Waals surface area contributed by atoms with Gasteiger partial charge in [-0.1, -0.05) is 60.2 Å². The van der Waals surface area contributed by atoms with Crippen molar-refractivity contribution in [1.29, 1.82) is 0 Å². The van der Waals surface area contributed by atoms with Crippen molar-refractivity contribution in [1.82, 2.24) is 14.9 Å². The number of rotatable bonds is 7.